The molecule has 2 heterocycles. The summed E-state index contributed by atoms with van der Waals surface area (Å²) < 4.78 is 27.5. The Morgan fingerprint density at radius 2 is 1.71 bits per heavy atom. The van der Waals surface area contributed by atoms with Crippen LogP contribution in [0.5, 0.6) is 11.5 Å². The number of aromatic nitrogens is 4. The van der Waals surface area contributed by atoms with Gasteiger partial charge in [-0.1, -0.05) is 23.9 Å². The van der Waals surface area contributed by atoms with Crippen LogP contribution in [-0.2, 0) is 0 Å². The van der Waals surface area contributed by atoms with Crippen molar-refractivity contribution in [2.45, 2.75) is 12.1 Å². The lowest BCUT2D eigenvalue weighted by Crippen LogP contribution is -2.05. The maximum Gasteiger partial charge on any atom is 0.196 e. The molecule has 0 saturated carbocycles. The third kappa shape index (κ3) is 5.03. The largest absolute Gasteiger partial charge is 0.494 e. The van der Waals surface area contributed by atoms with E-state index in [1.54, 1.807) is 35.2 Å². The highest BCUT2D eigenvalue weighted by atomic mass is 32.2. The van der Waals surface area contributed by atoms with E-state index in [-0.39, 0.29) is 5.82 Å². The third-order valence-electron chi connectivity index (χ3n) is 4.36. The van der Waals surface area contributed by atoms with E-state index in [4.69, 9.17) is 9.47 Å². The normalized spacial score (nSPS) is 10.8. The Hall–Kier alpha value is -3.39. The monoisotopic (exact) mass is 436 g/mol. The zero-order valence-corrected chi connectivity index (χ0v) is 17.8. The highest BCUT2D eigenvalue weighted by Crippen LogP contribution is 2.29. The summed E-state index contributed by atoms with van der Waals surface area (Å²) in [6, 6.07) is 17.8. The molecule has 158 valence electrons. The van der Waals surface area contributed by atoms with Gasteiger partial charge in [0.25, 0.3) is 0 Å². The van der Waals surface area contributed by atoms with Gasteiger partial charge in [-0.2, -0.15) is 0 Å². The minimum absolute atomic E-state index is 0.347. The molecule has 0 spiro atoms. The molecular weight excluding hydrogens is 415 g/mol. The Kier molecular flexibility index (Phi) is 6.78. The Morgan fingerprint density at radius 3 is 2.42 bits per heavy atom. The fraction of sp³-hybridized carbons (Fsp3) is 0.174. The van der Waals surface area contributed by atoms with Crippen LogP contribution in [0.3, 0.4) is 0 Å². The molecule has 0 aliphatic heterocycles. The van der Waals surface area contributed by atoms with Gasteiger partial charge in [0.15, 0.2) is 11.0 Å². The molecule has 4 aromatic rings. The van der Waals surface area contributed by atoms with Crippen LogP contribution in [0.25, 0.3) is 17.1 Å². The summed E-state index contributed by atoms with van der Waals surface area (Å²) in [6.07, 6.45) is 3.37. The smallest absolute Gasteiger partial charge is 0.196 e. The second-order valence-corrected chi connectivity index (χ2v) is 7.50. The molecule has 0 aliphatic rings. The van der Waals surface area contributed by atoms with Crippen LogP contribution in [0.4, 0.5) is 4.39 Å². The molecule has 0 amide bonds. The lowest BCUT2D eigenvalue weighted by atomic mass is 10.2. The number of hydrogen-bond donors (Lipinski definition) is 0. The summed E-state index contributed by atoms with van der Waals surface area (Å²) in [7, 11) is 0. The summed E-state index contributed by atoms with van der Waals surface area (Å²) >= 11 is 1.45. The van der Waals surface area contributed by atoms with Gasteiger partial charge in [-0.15, -0.1) is 10.2 Å². The number of thioether (sulfide) groups is 1. The standard InChI is InChI=1S/C23H21FN4O2S/c1-2-29-18-9-11-19(12-10-18)30-14-15-31-23-27-26-22(17-6-5-13-25-16-17)28(23)21-8-4-3-7-20(21)24/h3-13,16H,2,14-15H2,1H3. The summed E-state index contributed by atoms with van der Waals surface area (Å²) in [6.45, 7) is 3.03. The lowest BCUT2D eigenvalue weighted by molar-refractivity contribution is 0.332. The number of ether oxygens (including phenoxy) is 2. The molecule has 0 atom stereocenters. The number of nitrogens with zero attached hydrogens (tertiary/aromatic N) is 4. The predicted molar refractivity (Wildman–Crippen MR) is 118 cm³/mol. The van der Waals surface area contributed by atoms with Crippen molar-refractivity contribution in [1.82, 2.24) is 19.7 Å². The number of pyridine rings is 1. The molecular formula is C23H21FN4O2S. The molecule has 8 heteroatoms. The van der Waals surface area contributed by atoms with E-state index in [0.29, 0.717) is 35.6 Å². The van der Waals surface area contributed by atoms with Gasteiger partial charge in [-0.25, -0.2) is 4.39 Å². The van der Waals surface area contributed by atoms with Crippen molar-refractivity contribution in [3.8, 4) is 28.6 Å². The second kappa shape index (κ2) is 10.1. The maximum atomic E-state index is 14.6. The van der Waals surface area contributed by atoms with Crippen molar-refractivity contribution >= 4 is 11.8 Å². The van der Waals surface area contributed by atoms with Crippen LogP contribution < -0.4 is 9.47 Å². The first kappa shape index (κ1) is 20.9. The Balaban J connectivity index is 1.49. The molecule has 4 rings (SSSR count). The highest BCUT2D eigenvalue weighted by Gasteiger charge is 2.18. The van der Waals surface area contributed by atoms with Crippen molar-refractivity contribution in [2.24, 2.45) is 0 Å². The summed E-state index contributed by atoms with van der Waals surface area (Å²) in [5.74, 6) is 2.38. The predicted octanol–water partition coefficient (Wildman–Crippen LogP) is 5.04. The molecule has 0 fully saturated rings. The Labute approximate surface area is 184 Å². The zero-order chi connectivity index (χ0) is 21.5. The molecule has 0 radical (unpaired) electrons. The first-order valence-corrected chi connectivity index (χ1v) is 10.8. The number of para-hydroxylation sites is 1. The third-order valence-corrected chi connectivity index (χ3v) is 5.26. The molecule has 0 N–H and O–H groups in total. The summed E-state index contributed by atoms with van der Waals surface area (Å²) in [5, 5.41) is 9.18. The maximum absolute atomic E-state index is 14.6. The van der Waals surface area contributed by atoms with Gasteiger partial charge in [-0.05, 0) is 55.5 Å². The molecule has 2 aromatic heterocycles. The lowest BCUT2D eigenvalue weighted by Gasteiger charge is -2.11. The minimum Gasteiger partial charge on any atom is -0.494 e. The van der Waals surface area contributed by atoms with Gasteiger partial charge in [-0.3, -0.25) is 9.55 Å². The average molecular weight is 437 g/mol. The first-order valence-electron chi connectivity index (χ1n) is 9.85. The van der Waals surface area contributed by atoms with Gasteiger partial charge in [0.2, 0.25) is 0 Å². The summed E-state index contributed by atoms with van der Waals surface area (Å²) in [5.41, 5.74) is 1.15. The van der Waals surface area contributed by atoms with Crippen LogP contribution in [0, 0.1) is 5.82 Å². The van der Waals surface area contributed by atoms with Crippen molar-refractivity contribution < 1.29 is 13.9 Å². The van der Waals surface area contributed by atoms with Gasteiger partial charge < -0.3 is 9.47 Å². The Bertz CT molecular complexity index is 1120. The van der Waals surface area contributed by atoms with E-state index in [9.17, 15) is 4.39 Å². The van der Waals surface area contributed by atoms with Crippen LogP contribution in [0.15, 0.2) is 78.2 Å². The van der Waals surface area contributed by atoms with Crippen LogP contribution in [0.1, 0.15) is 6.92 Å². The van der Waals surface area contributed by atoms with Crippen LogP contribution in [-0.4, -0.2) is 38.7 Å². The molecule has 2 aromatic carbocycles. The summed E-state index contributed by atoms with van der Waals surface area (Å²) in [4.78, 5) is 4.14. The number of hydrogen-bond acceptors (Lipinski definition) is 6. The minimum atomic E-state index is -0.347. The van der Waals surface area contributed by atoms with E-state index in [1.165, 1.54) is 17.8 Å². The van der Waals surface area contributed by atoms with E-state index in [0.717, 1.165) is 17.1 Å². The second-order valence-electron chi connectivity index (χ2n) is 6.44. The van der Waals surface area contributed by atoms with Crippen LogP contribution in [0.2, 0.25) is 0 Å². The topological polar surface area (TPSA) is 62.1 Å². The van der Waals surface area contributed by atoms with Gasteiger partial charge in [0.1, 0.15) is 17.3 Å². The number of rotatable bonds is 9. The first-order chi connectivity index (χ1) is 15.3. The molecule has 0 aliphatic carbocycles. The Morgan fingerprint density at radius 1 is 0.935 bits per heavy atom. The molecule has 0 bridgehead atoms. The number of benzene rings is 2. The average Bonchev–Trinajstić information content (AvgIpc) is 3.22. The quantitative estimate of drug-likeness (QED) is 0.271. The van der Waals surface area contributed by atoms with Gasteiger partial charge in [0.05, 0.1) is 18.9 Å². The van der Waals surface area contributed by atoms with Crippen molar-refractivity contribution in [3.63, 3.8) is 0 Å². The SMILES string of the molecule is CCOc1ccc(OCCSc2nnc(-c3cccnc3)n2-c2ccccc2F)cc1. The van der Waals surface area contributed by atoms with Gasteiger partial charge in [0, 0.05) is 23.7 Å². The fourth-order valence-corrected chi connectivity index (χ4v) is 3.75. The highest BCUT2D eigenvalue weighted by molar-refractivity contribution is 7.99. The van der Waals surface area contributed by atoms with E-state index < -0.39 is 0 Å². The van der Waals surface area contributed by atoms with Crippen LogP contribution >= 0.6 is 11.8 Å². The van der Waals surface area contributed by atoms with Crippen molar-refractivity contribution in [3.05, 3.63) is 78.9 Å². The van der Waals surface area contributed by atoms with E-state index in [1.807, 2.05) is 43.3 Å². The molecule has 0 saturated heterocycles. The molecule has 0 unspecified atom stereocenters. The number of halogens is 1. The molecule has 6 nitrogen and oxygen atoms in total. The fourth-order valence-electron chi connectivity index (χ4n) is 2.99. The van der Waals surface area contributed by atoms with Crippen molar-refractivity contribution in [1.29, 1.82) is 0 Å². The van der Waals surface area contributed by atoms with E-state index >= 15 is 0 Å². The van der Waals surface area contributed by atoms with E-state index in [2.05, 4.69) is 15.2 Å². The van der Waals surface area contributed by atoms with Crippen molar-refractivity contribution in [2.75, 3.05) is 19.0 Å². The molecule has 31 heavy (non-hydrogen) atoms. The van der Waals surface area contributed by atoms with Gasteiger partial charge >= 0.3 is 0 Å². The zero-order valence-electron chi connectivity index (χ0n) is 16.9.